The summed E-state index contributed by atoms with van der Waals surface area (Å²) in [7, 11) is 0. The molecule has 8 atom stereocenters. The molecule has 0 bridgehead atoms. The SMILES string of the molecule is CC1(C)[C@H](O)CC[C@]2(C)[C@@H]3CC[C@]4(C)[C@H](O)CC[C@@H]4[C@H]3CC[C@@H]12. The van der Waals surface area contributed by atoms with Crippen LogP contribution in [0.25, 0.3) is 0 Å². The quantitative estimate of drug-likeness (QED) is 0.695. The zero-order chi connectivity index (χ0) is 16.6. The van der Waals surface area contributed by atoms with E-state index in [1.807, 2.05) is 0 Å². The third-order valence-electron chi connectivity index (χ3n) is 9.53. The largest absolute Gasteiger partial charge is 0.393 e. The van der Waals surface area contributed by atoms with Crippen LogP contribution in [-0.4, -0.2) is 22.4 Å². The van der Waals surface area contributed by atoms with Crippen LogP contribution in [0, 0.1) is 39.9 Å². The first kappa shape index (κ1) is 16.4. The molecule has 0 aromatic carbocycles. The van der Waals surface area contributed by atoms with Crippen LogP contribution in [0.1, 0.15) is 79.1 Å². The summed E-state index contributed by atoms with van der Waals surface area (Å²) in [6.45, 7) is 9.55. The van der Waals surface area contributed by atoms with Crippen LogP contribution in [0.15, 0.2) is 0 Å². The monoisotopic (exact) mass is 320 g/mol. The predicted octanol–water partition coefficient (Wildman–Crippen LogP) is 4.39. The van der Waals surface area contributed by atoms with Gasteiger partial charge in [0.2, 0.25) is 0 Å². The summed E-state index contributed by atoms with van der Waals surface area (Å²) in [6.07, 6.45) is 9.38. The summed E-state index contributed by atoms with van der Waals surface area (Å²) in [6, 6.07) is 0. The second-order valence-corrected chi connectivity index (χ2v) is 10.5. The van der Waals surface area contributed by atoms with Gasteiger partial charge in [0.25, 0.3) is 0 Å². The fourth-order valence-electron chi connectivity index (χ4n) is 8.06. The first-order valence-electron chi connectivity index (χ1n) is 10.1. The molecule has 132 valence electrons. The highest BCUT2D eigenvalue weighted by molar-refractivity contribution is 5.12. The second kappa shape index (κ2) is 4.97. The molecule has 23 heavy (non-hydrogen) atoms. The maximum Gasteiger partial charge on any atom is 0.0596 e. The van der Waals surface area contributed by atoms with E-state index >= 15 is 0 Å². The van der Waals surface area contributed by atoms with Crippen LogP contribution in [0.3, 0.4) is 0 Å². The van der Waals surface area contributed by atoms with Crippen molar-refractivity contribution in [2.75, 3.05) is 0 Å². The number of rotatable bonds is 0. The van der Waals surface area contributed by atoms with Crippen molar-refractivity contribution in [1.29, 1.82) is 0 Å². The minimum absolute atomic E-state index is 0.0634. The summed E-state index contributed by atoms with van der Waals surface area (Å²) < 4.78 is 0. The smallest absolute Gasteiger partial charge is 0.0596 e. The Labute approximate surface area is 142 Å². The molecule has 4 aliphatic carbocycles. The maximum atomic E-state index is 10.6. The first-order chi connectivity index (χ1) is 10.7. The van der Waals surface area contributed by atoms with E-state index in [1.54, 1.807) is 0 Å². The molecule has 2 nitrogen and oxygen atoms in total. The first-order valence-corrected chi connectivity index (χ1v) is 10.1. The fraction of sp³-hybridized carbons (Fsp3) is 1.00. The minimum atomic E-state index is -0.126. The summed E-state index contributed by atoms with van der Waals surface area (Å²) in [5.74, 6) is 3.04. The van der Waals surface area contributed by atoms with Gasteiger partial charge in [-0.1, -0.05) is 27.7 Å². The summed E-state index contributed by atoms with van der Waals surface area (Å²) in [5.41, 5.74) is 0.655. The molecule has 2 heteroatoms. The lowest BCUT2D eigenvalue weighted by Gasteiger charge is -2.64. The Kier molecular flexibility index (Phi) is 3.54. The summed E-state index contributed by atoms with van der Waals surface area (Å²) in [5, 5.41) is 21.1. The van der Waals surface area contributed by atoms with Crippen LogP contribution in [0.2, 0.25) is 0 Å². The van der Waals surface area contributed by atoms with Gasteiger partial charge in [0.05, 0.1) is 12.2 Å². The van der Waals surface area contributed by atoms with Gasteiger partial charge < -0.3 is 10.2 Å². The highest BCUT2D eigenvalue weighted by Gasteiger charge is 2.62. The van der Waals surface area contributed by atoms with Gasteiger partial charge in [0.15, 0.2) is 0 Å². The van der Waals surface area contributed by atoms with Gasteiger partial charge in [-0.3, -0.25) is 0 Å². The zero-order valence-electron chi connectivity index (χ0n) is 15.5. The predicted molar refractivity (Wildman–Crippen MR) is 92.9 cm³/mol. The van der Waals surface area contributed by atoms with Crippen LogP contribution in [-0.2, 0) is 0 Å². The molecule has 0 aliphatic heterocycles. The highest BCUT2D eigenvalue weighted by atomic mass is 16.3. The van der Waals surface area contributed by atoms with Gasteiger partial charge in [-0.25, -0.2) is 0 Å². The van der Waals surface area contributed by atoms with Crippen LogP contribution in [0.4, 0.5) is 0 Å². The maximum absolute atomic E-state index is 10.6. The Morgan fingerprint density at radius 1 is 0.652 bits per heavy atom. The number of aliphatic hydroxyl groups excluding tert-OH is 2. The molecule has 4 rings (SSSR count). The zero-order valence-corrected chi connectivity index (χ0v) is 15.5. The van der Waals surface area contributed by atoms with Gasteiger partial charge in [0.1, 0.15) is 0 Å². The van der Waals surface area contributed by atoms with Crippen molar-refractivity contribution in [2.45, 2.75) is 91.3 Å². The lowest BCUT2D eigenvalue weighted by molar-refractivity contribution is -0.180. The van der Waals surface area contributed by atoms with E-state index < -0.39 is 0 Å². The molecule has 4 aliphatic rings. The molecule has 0 aromatic rings. The van der Waals surface area contributed by atoms with E-state index in [0.717, 1.165) is 30.6 Å². The van der Waals surface area contributed by atoms with Crippen molar-refractivity contribution in [1.82, 2.24) is 0 Å². The van der Waals surface area contributed by atoms with Crippen molar-refractivity contribution in [3.05, 3.63) is 0 Å². The average molecular weight is 321 g/mol. The van der Waals surface area contributed by atoms with Gasteiger partial charge in [-0.05, 0) is 91.3 Å². The summed E-state index contributed by atoms with van der Waals surface area (Å²) >= 11 is 0. The molecular weight excluding hydrogens is 284 g/mol. The molecular formula is C21H36O2. The van der Waals surface area contributed by atoms with Gasteiger partial charge in [-0.15, -0.1) is 0 Å². The average Bonchev–Trinajstić information content (AvgIpc) is 2.79. The lowest BCUT2D eigenvalue weighted by atomic mass is 9.41. The standard InChI is InChI=1S/C21H36O2/c1-19(2)16-7-5-13-14-6-8-18(23)21(14,4)11-9-15(13)20(16,3)12-10-17(19)22/h13-18,22-23H,5-12H2,1-4H3/t13-,14-,15-,16+,17-,18-,20-,21+/m1/s1. The Morgan fingerprint density at radius 3 is 2.04 bits per heavy atom. The number of aliphatic hydroxyl groups is 2. The number of fused-ring (bicyclic) bond motifs is 5. The van der Waals surface area contributed by atoms with E-state index in [9.17, 15) is 10.2 Å². The van der Waals surface area contributed by atoms with Crippen molar-refractivity contribution in [2.24, 2.45) is 39.9 Å². The molecule has 4 fully saturated rings. The molecule has 0 heterocycles. The van der Waals surface area contributed by atoms with Gasteiger partial charge in [0, 0.05) is 0 Å². The third-order valence-corrected chi connectivity index (χ3v) is 9.53. The van der Waals surface area contributed by atoms with E-state index in [4.69, 9.17) is 0 Å². The van der Waals surface area contributed by atoms with Crippen molar-refractivity contribution in [3.63, 3.8) is 0 Å². The van der Waals surface area contributed by atoms with Gasteiger partial charge >= 0.3 is 0 Å². The van der Waals surface area contributed by atoms with Gasteiger partial charge in [-0.2, -0.15) is 0 Å². The number of hydrogen-bond donors (Lipinski definition) is 2. The molecule has 0 radical (unpaired) electrons. The Hall–Kier alpha value is -0.0800. The highest BCUT2D eigenvalue weighted by Crippen LogP contribution is 2.68. The molecule has 0 amide bonds. The second-order valence-electron chi connectivity index (χ2n) is 10.5. The fourth-order valence-corrected chi connectivity index (χ4v) is 8.06. The molecule has 0 unspecified atom stereocenters. The van der Waals surface area contributed by atoms with E-state index in [2.05, 4.69) is 27.7 Å². The molecule has 4 saturated carbocycles. The Bertz CT molecular complexity index is 486. The molecule has 2 N–H and O–H groups in total. The molecule has 0 saturated heterocycles. The van der Waals surface area contributed by atoms with Crippen LogP contribution < -0.4 is 0 Å². The normalized spacial score (nSPS) is 58.2. The Balaban J connectivity index is 1.67. The lowest BCUT2D eigenvalue weighted by Crippen LogP contribution is -2.59. The molecule has 0 aromatic heterocycles. The number of hydrogen-bond acceptors (Lipinski definition) is 2. The van der Waals surface area contributed by atoms with E-state index in [1.165, 1.54) is 38.5 Å². The minimum Gasteiger partial charge on any atom is -0.393 e. The van der Waals surface area contributed by atoms with Crippen molar-refractivity contribution >= 4 is 0 Å². The summed E-state index contributed by atoms with van der Waals surface area (Å²) in [4.78, 5) is 0. The van der Waals surface area contributed by atoms with Crippen LogP contribution in [0.5, 0.6) is 0 Å². The Morgan fingerprint density at radius 2 is 1.30 bits per heavy atom. The topological polar surface area (TPSA) is 40.5 Å². The van der Waals surface area contributed by atoms with Crippen LogP contribution >= 0.6 is 0 Å². The van der Waals surface area contributed by atoms with Crippen molar-refractivity contribution < 1.29 is 10.2 Å². The third kappa shape index (κ3) is 2.00. The van der Waals surface area contributed by atoms with E-state index in [-0.39, 0.29) is 23.0 Å². The van der Waals surface area contributed by atoms with E-state index in [0.29, 0.717) is 11.3 Å². The van der Waals surface area contributed by atoms with Crippen molar-refractivity contribution in [3.8, 4) is 0 Å². The molecule has 0 spiro atoms.